The van der Waals surface area contributed by atoms with Gasteiger partial charge in [0.15, 0.2) is 0 Å². The molecule has 0 heterocycles. The highest BCUT2D eigenvalue weighted by Crippen LogP contribution is 2.31. The minimum atomic E-state index is -0.455. The van der Waals surface area contributed by atoms with Crippen LogP contribution in [0.2, 0.25) is 0 Å². The van der Waals surface area contributed by atoms with Crippen molar-refractivity contribution in [3.05, 3.63) is 23.8 Å². The number of carbonyl (C=O) groups excluding carboxylic acids is 1. The maximum Gasteiger partial charge on any atom is 0.253 e. The molecule has 0 bridgehead atoms. The van der Waals surface area contributed by atoms with Crippen molar-refractivity contribution in [2.75, 3.05) is 13.4 Å². The van der Waals surface area contributed by atoms with E-state index in [1.807, 2.05) is 6.26 Å². The number of carbonyl (C=O) groups is 1. The van der Waals surface area contributed by atoms with Crippen LogP contribution < -0.4 is 4.74 Å². The lowest BCUT2D eigenvalue weighted by Gasteiger charge is -2.08. The number of rotatable bonds is 3. The fourth-order valence-corrected chi connectivity index (χ4v) is 1.99. The molecule has 0 amide bonds. The molecule has 0 saturated heterocycles. The normalized spacial score (nSPS) is 9.77. The van der Waals surface area contributed by atoms with Crippen molar-refractivity contribution in [3.8, 4) is 5.75 Å². The molecule has 0 aliphatic carbocycles. The summed E-state index contributed by atoms with van der Waals surface area (Å²) < 4.78 is 5.10. The molecule has 2 nitrogen and oxygen atoms in total. The number of thioether (sulfide) groups is 1. The van der Waals surface area contributed by atoms with Crippen molar-refractivity contribution >= 4 is 28.6 Å². The van der Waals surface area contributed by atoms with Gasteiger partial charge in [0, 0.05) is 0 Å². The molecule has 1 aromatic rings. The molecular formula is C9H9ClO2S. The average molecular weight is 217 g/mol. The van der Waals surface area contributed by atoms with Gasteiger partial charge in [0.25, 0.3) is 5.24 Å². The van der Waals surface area contributed by atoms with Gasteiger partial charge in [-0.1, -0.05) is 6.07 Å². The van der Waals surface area contributed by atoms with Crippen LogP contribution in [-0.4, -0.2) is 18.6 Å². The zero-order valence-electron chi connectivity index (χ0n) is 7.33. The summed E-state index contributed by atoms with van der Waals surface area (Å²) in [6.07, 6.45) is 1.88. The van der Waals surface area contributed by atoms with Gasteiger partial charge in [-0.05, 0) is 30.0 Å². The van der Waals surface area contributed by atoms with Gasteiger partial charge in [-0.15, -0.1) is 11.8 Å². The predicted octanol–water partition coefficient (Wildman–Crippen LogP) is 2.80. The quantitative estimate of drug-likeness (QED) is 0.574. The van der Waals surface area contributed by atoms with E-state index in [1.165, 1.54) is 11.8 Å². The molecule has 0 radical (unpaired) electrons. The zero-order chi connectivity index (χ0) is 9.84. The maximum absolute atomic E-state index is 11.0. The van der Waals surface area contributed by atoms with Gasteiger partial charge in [-0.3, -0.25) is 4.79 Å². The Hall–Kier alpha value is -0.670. The van der Waals surface area contributed by atoms with E-state index in [-0.39, 0.29) is 0 Å². The fourth-order valence-electron chi connectivity index (χ4n) is 1.04. The summed E-state index contributed by atoms with van der Waals surface area (Å²) in [6.45, 7) is 0. The molecule has 70 valence electrons. The number of methoxy groups -OCH3 is 1. The van der Waals surface area contributed by atoms with Gasteiger partial charge in [0.05, 0.1) is 17.6 Å². The minimum Gasteiger partial charge on any atom is -0.496 e. The molecule has 0 fully saturated rings. The third-order valence-electron chi connectivity index (χ3n) is 1.61. The first kappa shape index (κ1) is 10.4. The van der Waals surface area contributed by atoms with E-state index in [1.54, 1.807) is 25.3 Å². The first-order valence-corrected chi connectivity index (χ1v) is 5.21. The molecule has 4 heteroatoms. The number of ether oxygens (including phenoxy) is 1. The zero-order valence-corrected chi connectivity index (χ0v) is 8.91. The van der Waals surface area contributed by atoms with Crippen molar-refractivity contribution in [2.24, 2.45) is 0 Å². The van der Waals surface area contributed by atoms with Crippen LogP contribution in [0.15, 0.2) is 23.1 Å². The van der Waals surface area contributed by atoms with Crippen molar-refractivity contribution in [3.63, 3.8) is 0 Å². The van der Waals surface area contributed by atoms with E-state index in [0.717, 1.165) is 4.90 Å². The monoisotopic (exact) mass is 216 g/mol. The van der Waals surface area contributed by atoms with Crippen molar-refractivity contribution < 1.29 is 9.53 Å². The third-order valence-corrected chi connectivity index (χ3v) is 2.65. The van der Waals surface area contributed by atoms with Crippen LogP contribution >= 0.6 is 23.4 Å². The van der Waals surface area contributed by atoms with E-state index in [4.69, 9.17) is 16.3 Å². The van der Waals surface area contributed by atoms with Crippen LogP contribution in [0.5, 0.6) is 5.75 Å². The Kier molecular flexibility index (Phi) is 3.63. The lowest BCUT2D eigenvalue weighted by Crippen LogP contribution is -1.95. The average Bonchev–Trinajstić information content (AvgIpc) is 2.16. The van der Waals surface area contributed by atoms with Gasteiger partial charge in [-0.2, -0.15) is 0 Å². The van der Waals surface area contributed by atoms with Crippen LogP contribution in [0.25, 0.3) is 0 Å². The molecule has 0 aromatic heterocycles. The third kappa shape index (κ3) is 2.17. The summed E-state index contributed by atoms with van der Waals surface area (Å²) >= 11 is 6.85. The Balaban J connectivity index is 3.27. The van der Waals surface area contributed by atoms with Crippen LogP contribution in [0, 0.1) is 0 Å². The van der Waals surface area contributed by atoms with Crippen molar-refractivity contribution in [1.29, 1.82) is 0 Å². The Morgan fingerprint density at radius 3 is 2.69 bits per heavy atom. The van der Waals surface area contributed by atoms with E-state index in [2.05, 4.69) is 0 Å². The molecule has 0 saturated carbocycles. The molecule has 0 spiro atoms. The number of benzene rings is 1. The lowest BCUT2D eigenvalue weighted by molar-refractivity contribution is 0.107. The predicted molar refractivity (Wildman–Crippen MR) is 55.0 cm³/mol. The summed E-state index contributed by atoms with van der Waals surface area (Å²) in [7, 11) is 1.57. The standard InChI is InChI=1S/C9H9ClO2S/c1-12-7-5-3-4-6(9(10)11)8(7)13-2/h3-5H,1-2H3. The highest BCUT2D eigenvalue weighted by atomic mass is 35.5. The molecule has 0 N–H and O–H groups in total. The summed E-state index contributed by atoms with van der Waals surface area (Å²) in [5.41, 5.74) is 0.494. The SMILES string of the molecule is COc1cccc(C(=O)Cl)c1SC. The van der Waals surface area contributed by atoms with E-state index < -0.39 is 5.24 Å². The van der Waals surface area contributed by atoms with Crippen molar-refractivity contribution in [2.45, 2.75) is 4.90 Å². The lowest BCUT2D eigenvalue weighted by atomic mass is 10.2. The molecule has 1 aromatic carbocycles. The van der Waals surface area contributed by atoms with Gasteiger partial charge in [0.2, 0.25) is 0 Å². The van der Waals surface area contributed by atoms with Gasteiger partial charge in [-0.25, -0.2) is 0 Å². The molecule has 1 rings (SSSR count). The summed E-state index contributed by atoms with van der Waals surface area (Å²) in [5.74, 6) is 0.680. The number of halogens is 1. The molecule has 0 aliphatic rings. The molecule has 0 unspecified atom stereocenters. The van der Waals surface area contributed by atoms with Crippen LogP contribution in [0.3, 0.4) is 0 Å². The van der Waals surface area contributed by atoms with Gasteiger partial charge >= 0.3 is 0 Å². The smallest absolute Gasteiger partial charge is 0.253 e. The second-order valence-corrected chi connectivity index (χ2v) is 3.47. The van der Waals surface area contributed by atoms with Gasteiger partial charge < -0.3 is 4.74 Å². The number of hydrogen-bond donors (Lipinski definition) is 0. The Morgan fingerprint density at radius 2 is 2.23 bits per heavy atom. The maximum atomic E-state index is 11.0. The second-order valence-electron chi connectivity index (χ2n) is 2.31. The van der Waals surface area contributed by atoms with Crippen LogP contribution in [0.1, 0.15) is 10.4 Å². The largest absolute Gasteiger partial charge is 0.496 e. The topological polar surface area (TPSA) is 26.3 Å². The number of hydrogen-bond acceptors (Lipinski definition) is 3. The van der Waals surface area contributed by atoms with E-state index >= 15 is 0 Å². The molecule has 13 heavy (non-hydrogen) atoms. The van der Waals surface area contributed by atoms with E-state index in [0.29, 0.717) is 11.3 Å². The molecular weight excluding hydrogens is 208 g/mol. The highest BCUT2D eigenvalue weighted by Gasteiger charge is 2.12. The Labute approximate surface area is 86.2 Å². The molecule has 0 atom stereocenters. The first-order chi connectivity index (χ1) is 6.20. The van der Waals surface area contributed by atoms with Crippen molar-refractivity contribution in [1.82, 2.24) is 0 Å². The fraction of sp³-hybridized carbons (Fsp3) is 0.222. The summed E-state index contributed by atoms with van der Waals surface area (Å²) in [5, 5.41) is -0.455. The van der Waals surface area contributed by atoms with Crippen LogP contribution in [-0.2, 0) is 0 Å². The Bertz CT molecular complexity index is 325. The Morgan fingerprint density at radius 1 is 1.54 bits per heavy atom. The van der Waals surface area contributed by atoms with Gasteiger partial charge in [0.1, 0.15) is 5.75 Å². The minimum absolute atomic E-state index is 0.455. The molecule has 0 aliphatic heterocycles. The second kappa shape index (κ2) is 4.53. The highest BCUT2D eigenvalue weighted by molar-refractivity contribution is 7.98. The summed E-state index contributed by atoms with van der Waals surface area (Å²) in [6, 6.07) is 5.23. The van der Waals surface area contributed by atoms with Crippen LogP contribution in [0.4, 0.5) is 0 Å². The first-order valence-electron chi connectivity index (χ1n) is 3.61. The summed E-state index contributed by atoms with van der Waals surface area (Å²) in [4.78, 5) is 11.8. The van der Waals surface area contributed by atoms with E-state index in [9.17, 15) is 4.79 Å².